The molecule has 0 aromatic carbocycles. The SMILES string of the molecule is CC1CCCC(C)C1N1CCNCC1C(=O)O. The van der Waals surface area contributed by atoms with Crippen LogP contribution in [0.15, 0.2) is 0 Å². The van der Waals surface area contributed by atoms with Crippen molar-refractivity contribution in [2.75, 3.05) is 19.6 Å². The highest BCUT2D eigenvalue weighted by Crippen LogP contribution is 2.34. The molecule has 3 atom stereocenters. The fourth-order valence-corrected chi connectivity index (χ4v) is 3.62. The minimum atomic E-state index is -0.679. The first kappa shape index (κ1) is 12.8. The third-order valence-corrected chi connectivity index (χ3v) is 4.44. The number of aliphatic carboxylic acids is 1. The van der Waals surface area contributed by atoms with Crippen LogP contribution < -0.4 is 5.32 Å². The van der Waals surface area contributed by atoms with Gasteiger partial charge in [0, 0.05) is 25.7 Å². The van der Waals surface area contributed by atoms with E-state index in [9.17, 15) is 9.90 Å². The average Bonchev–Trinajstić information content (AvgIpc) is 2.29. The van der Waals surface area contributed by atoms with Crippen molar-refractivity contribution in [2.24, 2.45) is 11.8 Å². The molecule has 1 saturated carbocycles. The summed E-state index contributed by atoms with van der Waals surface area (Å²) in [6, 6.07) is 0.115. The Morgan fingerprint density at radius 1 is 1.29 bits per heavy atom. The normalized spacial score (nSPS) is 40.1. The zero-order valence-electron chi connectivity index (χ0n) is 10.9. The molecule has 98 valence electrons. The molecule has 2 fully saturated rings. The first-order valence-electron chi connectivity index (χ1n) is 6.80. The summed E-state index contributed by atoms with van der Waals surface area (Å²) in [4.78, 5) is 13.6. The molecule has 0 spiro atoms. The summed E-state index contributed by atoms with van der Waals surface area (Å²) >= 11 is 0. The highest BCUT2D eigenvalue weighted by molar-refractivity contribution is 5.74. The summed E-state index contributed by atoms with van der Waals surface area (Å²) in [5, 5.41) is 12.5. The summed E-state index contributed by atoms with van der Waals surface area (Å²) in [5.74, 6) is 0.569. The first-order valence-corrected chi connectivity index (χ1v) is 6.80. The van der Waals surface area contributed by atoms with E-state index in [1.165, 1.54) is 19.3 Å². The maximum absolute atomic E-state index is 11.3. The van der Waals surface area contributed by atoms with Crippen molar-refractivity contribution >= 4 is 5.97 Å². The van der Waals surface area contributed by atoms with E-state index in [-0.39, 0.29) is 6.04 Å². The van der Waals surface area contributed by atoms with Crippen LogP contribution in [0.4, 0.5) is 0 Å². The highest BCUT2D eigenvalue weighted by atomic mass is 16.4. The molecule has 2 N–H and O–H groups in total. The Hall–Kier alpha value is -0.610. The lowest BCUT2D eigenvalue weighted by atomic mass is 9.77. The topological polar surface area (TPSA) is 52.6 Å². The van der Waals surface area contributed by atoms with Gasteiger partial charge in [-0.2, -0.15) is 0 Å². The van der Waals surface area contributed by atoms with Crippen molar-refractivity contribution in [1.82, 2.24) is 10.2 Å². The number of rotatable bonds is 2. The Morgan fingerprint density at radius 2 is 1.94 bits per heavy atom. The number of hydrogen-bond acceptors (Lipinski definition) is 3. The van der Waals surface area contributed by atoms with Gasteiger partial charge in [-0.3, -0.25) is 9.69 Å². The minimum Gasteiger partial charge on any atom is -0.480 e. The fraction of sp³-hybridized carbons (Fsp3) is 0.923. The van der Waals surface area contributed by atoms with E-state index in [2.05, 4.69) is 24.1 Å². The molecule has 0 bridgehead atoms. The van der Waals surface area contributed by atoms with Gasteiger partial charge in [0.1, 0.15) is 6.04 Å². The lowest BCUT2D eigenvalue weighted by Gasteiger charge is -2.47. The van der Waals surface area contributed by atoms with E-state index < -0.39 is 5.97 Å². The van der Waals surface area contributed by atoms with Crippen molar-refractivity contribution in [3.63, 3.8) is 0 Å². The quantitative estimate of drug-likeness (QED) is 0.761. The van der Waals surface area contributed by atoms with Crippen LogP contribution in [0, 0.1) is 11.8 Å². The third kappa shape index (κ3) is 2.63. The number of nitrogens with zero attached hydrogens (tertiary/aromatic N) is 1. The van der Waals surface area contributed by atoms with Crippen LogP contribution >= 0.6 is 0 Å². The zero-order valence-corrected chi connectivity index (χ0v) is 10.9. The van der Waals surface area contributed by atoms with Crippen LogP contribution in [0.3, 0.4) is 0 Å². The Kier molecular flexibility index (Phi) is 4.05. The summed E-state index contributed by atoms with van der Waals surface area (Å²) in [6.45, 7) is 6.93. The number of hydrogen-bond donors (Lipinski definition) is 2. The summed E-state index contributed by atoms with van der Waals surface area (Å²) in [6.07, 6.45) is 3.78. The number of carbonyl (C=O) groups is 1. The minimum absolute atomic E-state index is 0.336. The Morgan fingerprint density at radius 3 is 2.53 bits per heavy atom. The molecular formula is C13H24N2O2. The molecule has 1 aliphatic carbocycles. The largest absolute Gasteiger partial charge is 0.480 e. The number of piperazine rings is 1. The van der Waals surface area contributed by atoms with Crippen molar-refractivity contribution in [3.8, 4) is 0 Å². The molecule has 4 nitrogen and oxygen atoms in total. The molecule has 2 aliphatic rings. The molecule has 0 aromatic rings. The van der Waals surface area contributed by atoms with E-state index in [0.29, 0.717) is 24.4 Å². The fourth-order valence-electron chi connectivity index (χ4n) is 3.62. The van der Waals surface area contributed by atoms with Gasteiger partial charge in [-0.1, -0.05) is 20.3 Å². The standard InChI is InChI=1S/C13H24N2O2/c1-9-4-3-5-10(2)12(9)15-7-6-14-8-11(15)13(16)17/h9-12,14H,3-8H2,1-2H3,(H,16,17). The maximum atomic E-state index is 11.3. The summed E-state index contributed by atoms with van der Waals surface area (Å²) in [5.41, 5.74) is 0. The number of nitrogens with one attached hydrogen (secondary N) is 1. The first-order chi connectivity index (χ1) is 8.11. The molecule has 0 radical (unpaired) electrons. The van der Waals surface area contributed by atoms with Gasteiger partial charge in [-0.05, 0) is 24.7 Å². The Bertz CT molecular complexity index is 273. The van der Waals surface area contributed by atoms with Gasteiger partial charge >= 0.3 is 5.97 Å². The Balaban J connectivity index is 2.13. The van der Waals surface area contributed by atoms with Gasteiger partial charge in [-0.15, -0.1) is 0 Å². The van der Waals surface area contributed by atoms with Crippen LogP contribution in [0.25, 0.3) is 0 Å². The molecule has 2 rings (SSSR count). The van der Waals surface area contributed by atoms with Gasteiger partial charge in [0.25, 0.3) is 0 Å². The smallest absolute Gasteiger partial charge is 0.322 e. The molecule has 1 heterocycles. The van der Waals surface area contributed by atoms with Crippen molar-refractivity contribution in [2.45, 2.75) is 45.2 Å². The van der Waals surface area contributed by atoms with E-state index in [1.54, 1.807) is 0 Å². The zero-order chi connectivity index (χ0) is 12.4. The molecule has 1 aliphatic heterocycles. The lowest BCUT2D eigenvalue weighted by molar-refractivity contribution is -0.146. The third-order valence-electron chi connectivity index (χ3n) is 4.44. The van der Waals surface area contributed by atoms with E-state index in [0.717, 1.165) is 13.1 Å². The van der Waals surface area contributed by atoms with Gasteiger partial charge < -0.3 is 10.4 Å². The molecule has 0 amide bonds. The summed E-state index contributed by atoms with van der Waals surface area (Å²) < 4.78 is 0. The molecule has 1 saturated heterocycles. The monoisotopic (exact) mass is 240 g/mol. The van der Waals surface area contributed by atoms with Crippen LogP contribution in [0.1, 0.15) is 33.1 Å². The van der Waals surface area contributed by atoms with E-state index in [4.69, 9.17) is 0 Å². The van der Waals surface area contributed by atoms with Crippen LogP contribution in [0.5, 0.6) is 0 Å². The van der Waals surface area contributed by atoms with Gasteiger partial charge in [0.15, 0.2) is 0 Å². The lowest BCUT2D eigenvalue weighted by Crippen LogP contribution is -2.61. The van der Waals surface area contributed by atoms with Crippen molar-refractivity contribution in [3.05, 3.63) is 0 Å². The maximum Gasteiger partial charge on any atom is 0.322 e. The van der Waals surface area contributed by atoms with E-state index >= 15 is 0 Å². The average molecular weight is 240 g/mol. The second-order valence-electron chi connectivity index (χ2n) is 5.67. The second kappa shape index (κ2) is 5.36. The number of carboxylic acids is 1. The van der Waals surface area contributed by atoms with Crippen molar-refractivity contribution in [1.29, 1.82) is 0 Å². The molecular weight excluding hydrogens is 216 g/mol. The van der Waals surface area contributed by atoms with Gasteiger partial charge in [-0.25, -0.2) is 0 Å². The second-order valence-corrected chi connectivity index (χ2v) is 5.67. The Labute approximate surface area is 103 Å². The molecule has 3 unspecified atom stereocenters. The van der Waals surface area contributed by atoms with Crippen molar-refractivity contribution < 1.29 is 9.90 Å². The number of carboxylic acid groups (broad SMARTS) is 1. The van der Waals surface area contributed by atoms with Crippen LogP contribution in [-0.4, -0.2) is 47.7 Å². The summed E-state index contributed by atoms with van der Waals surface area (Å²) in [7, 11) is 0. The molecule has 4 heteroatoms. The molecule has 17 heavy (non-hydrogen) atoms. The predicted molar refractivity (Wildman–Crippen MR) is 67.0 cm³/mol. The van der Waals surface area contributed by atoms with Crippen LogP contribution in [-0.2, 0) is 4.79 Å². The van der Waals surface area contributed by atoms with Gasteiger partial charge in [0.2, 0.25) is 0 Å². The van der Waals surface area contributed by atoms with Gasteiger partial charge in [0.05, 0.1) is 0 Å². The molecule has 0 aromatic heterocycles. The predicted octanol–water partition coefficient (Wildman–Crippen LogP) is 1.17. The highest BCUT2D eigenvalue weighted by Gasteiger charge is 2.39. The van der Waals surface area contributed by atoms with E-state index in [1.807, 2.05) is 0 Å². The van der Waals surface area contributed by atoms with Crippen LogP contribution in [0.2, 0.25) is 0 Å².